The summed E-state index contributed by atoms with van der Waals surface area (Å²) in [6, 6.07) is 8.12. The van der Waals surface area contributed by atoms with Crippen molar-refractivity contribution in [3.8, 4) is 0 Å². The first-order valence-electron chi connectivity index (χ1n) is 8.25. The maximum Gasteiger partial charge on any atom is 0.393 e. The molecule has 0 fully saturated rings. The molecule has 0 saturated heterocycles. The molecule has 1 unspecified atom stereocenters. The molecule has 5 nitrogen and oxygen atoms in total. The van der Waals surface area contributed by atoms with Gasteiger partial charge >= 0.3 is 6.18 Å². The number of fused-ring (bicyclic) bond motifs is 2. The molecule has 2 aromatic heterocycles. The predicted molar refractivity (Wildman–Crippen MR) is 86.7 cm³/mol. The SMILES string of the molecule is FC(F)(F)C1CCc2nnc(CNCc3ccc4[nH]ccc4c3)n2C1. The molecule has 0 amide bonds. The van der Waals surface area contributed by atoms with Crippen molar-refractivity contribution in [2.75, 3.05) is 0 Å². The number of alkyl halides is 3. The maximum atomic E-state index is 13.0. The highest BCUT2D eigenvalue weighted by molar-refractivity contribution is 5.79. The van der Waals surface area contributed by atoms with Gasteiger partial charge in [-0.3, -0.25) is 0 Å². The largest absolute Gasteiger partial charge is 0.393 e. The highest BCUT2D eigenvalue weighted by Crippen LogP contribution is 2.34. The summed E-state index contributed by atoms with van der Waals surface area (Å²) in [5.74, 6) is -0.108. The standard InChI is InChI=1S/C17H18F3N5/c18-17(19,20)13-2-4-15-23-24-16(25(15)10-13)9-21-8-11-1-3-14-12(7-11)5-6-22-14/h1,3,5-7,13,21-22H,2,4,8-10H2. The van der Waals surface area contributed by atoms with Crippen LogP contribution in [-0.4, -0.2) is 25.9 Å². The number of nitrogens with zero attached hydrogens (tertiary/aromatic N) is 3. The fraction of sp³-hybridized carbons (Fsp3) is 0.412. The highest BCUT2D eigenvalue weighted by Gasteiger charge is 2.42. The van der Waals surface area contributed by atoms with Gasteiger partial charge in [0.25, 0.3) is 0 Å². The van der Waals surface area contributed by atoms with Crippen LogP contribution in [0.25, 0.3) is 10.9 Å². The van der Waals surface area contributed by atoms with Crippen LogP contribution in [0.3, 0.4) is 0 Å². The first-order chi connectivity index (χ1) is 12.0. The summed E-state index contributed by atoms with van der Waals surface area (Å²) in [6.45, 7) is 0.924. The molecule has 25 heavy (non-hydrogen) atoms. The van der Waals surface area contributed by atoms with Gasteiger partial charge in [0, 0.05) is 31.2 Å². The number of H-pyrrole nitrogens is 1. The third kappa shape index (κ3) is 3.26. The van der Waals surface area contributed by atoms with Crippen LogP contribution in [0.1, 0.15) is 23.6 Å². The molecule has 2 N–H and O–H groups in total. The summed E-state index contributed by atoms with van der Waals surface area (Å²) in [5, 5.41) is 12.5. The average Bonchev–Trinajstić information content (AvgIpc) is 3.20. The van der Waals surface area contributed by atoms with Crippen LogP contribution < -0.4 is 5.32 Å². The molecular weight excluding hydrogens is 331 g/mol. The Bertz CT molecular complexity index is 880. The normalized spacial score (nSPS) is 17.8. The fourth-order valence-corrected chi connectivity index (χ4v) is 3.31. The Labute approximate surface area is 142 Å². The summed E-state index contributed by atoms with van der Waals surface area (Å²) in [5.41, 5.74) is 2.19. The second-order valence-corrected chi connectivity index (χ2v) is 6.42. The van der Waals surface area contributed by atoms with Crippen molar-refractivity contribution < 1.29 is 13.2 Å². The third-order valence-electron chi connectivity index (χ3n) is 4.72. The van der Waals surface area contributed by atoms with E-state index >= 15 is 0 Å². The number of hydrogen-bond donors (Lipinski definition) is 2. The molecular formula is C17H18F3N5. The van der Waals surface area contributed by atoms with E-state index in [0.29, 0.717) is 31.2 Å². The van der Waals surface area contributed by atoms with Gasteiger partial charge in [0.15, 0.2) is 0 Å². The number of aryl methyl sites for hydroxylation is 1. The van der Waals surface area contributed by atoms with Crippen LogP contribution in [0, 0.1) is 5.92 Å². The molecule has 132 valence electrons. The molecule has 1 atom stereocenters. The van der Waals surface area contributed by atoms with Crippen LogP contribution in [0.5, 0.6) is 0 Å². The van der Waals surface area contributed by atoms with Crippen molar-refractivity contribution in [1.29, 1.82) is 0 Å². The summed E-state index contributed by atoms with van der Waals surface area (Å²) in [7, 11) is 0. The van der Waals surface area contributed by atoms with Gasteiger partial charge in [0.2, 0.25) is 0 Å². The van der Waals surface area contributed by atoms with Crippen molar-refractivity contribution in [3.05, 3.63) is 47.7 Å². The summed E-state index contributed by atoms with van der Waals surface area (Å²) < 4.78 is 40.5. The van der Waals surface area contributed by atoms with Gasteiger partial charge in [-0.25, -0.2) is 0 Å². The van der Waals surface area contributed by atoms with Gasteiger partial charge in [-0.2, -0.15) is 13.2 Å². The molecule has 3 heterocycles. The Kier molecular flexibility index (Phi) is 3.99. The molecule has 1 aliphatic rings. The van der Waals surface area contributed by atoms with Crippen LogP contribution in [0.15, 0.2) is 30.5 Å². The molecule has 8 heteroatoms. The Morgan fingerprint density at radius 2 is 2.08 bits per heavy atom. The lowest BCUT2D eigenvalue weighted by Gasteiger charge is -2.26. The van der Waals surface area contributed by atoms with Crippen LogP contribution in [-0.2, 0) is 26.1 Å². The van der Waals surface area contributed by atoms with Gasteiger partial charge < -0.3 is 14.9 Å². The second kappa shape index (κ2) is 6.18. The van der Waals surface area contributed by atoms with E-state index in [1.54, 1.807) is 4.57 Å². The molecule has 0 saturated carbocycles. The van der Waals surface area contributed by atoms with Gasteiger partial charge in [-0.15, -0.1) is 10.2 Å². The molecule has 0 aliphatic carbocycles. The predicted octanol–water partition coefficient (Wildman–Crippen LogP) is 3.17. The zero-order valence-corrected chi connectivity index (χ0v) is 13.5. The van der Waals surface area contributed by atoms with Crippen molar-refractivity contribution >= 4 is 10.9 Å². The first-order valence-corrected chi connectivity index (χ1v) is 8.25. The van der Waals surface area contributed by atoms with Crippen LogP contribution >= 0.6 is 0 Å². The molecule has 0 bridgehead atoms. The van der Waals surface area contributed by atoms with E-state index in [1.165, 1.54) is 0 Å². The van der Waals surface area contributed by atoms with E-state index in [-0.39, 0.29) is 13.0 Å². The summed E-state index contributed by atoms with van der Waals surface area (Å²) >= 11 is 0. The summed E-state index contributed by atoms with van der Waals surface area (Å²) in [6.07, 6.45) is -1.87. The van der Waals surface area contributed by atoms with E-state index in [4.69, 9.17) is 0 Å². The minimum absolute atomic E-state index is 0.0852. The number of rotatable bonds is 4. The van der Waals surface area contributed by atoms with Crippen LogP contribution in [0.2, 0.25) is 0 Å². The highest BCUT2D eigenvalue weighted by atomic mass is 19.4. The molecule has 3 aromatic rings. The Morgan fingerprint density at radius 3 is 2.92 bits per heavy atom. The van der Waals surface area contributed by atoms with E-state index in [9.17, 15) is 13.2 Å². The quantitative estimate of drug-likeness (QED) is 0.761. The van der Waals surface area contributed by atoms with Crippen LogP contribution in [0.4, 0.5) is 13.2 Å². The van der Waals surface area contributed by atoms with E-state index in [1.807, 2.05) is 24.4 Å². The Balaban J connectivity index is 1.41. The second-order valence-electron chi connectivity index (χ2n) is 6.42. The van der Waals surface area contributed by atoms with E-state index < -0.39 is 12.1 Å². The Hall–Kier alpha value is -2.35. The van der Waals surface area contributed by atoms with Crippen molar-refractivity contribution in [3.63, 3.8) is 0 Å². The molecule has 1 aliphatic heterocycles. The molecule has 1 aromatic carbocycles. The third-order valence-corrected chi connectivity index (χ3v) is 4.72. The number of nitrogens with one attached hydrogen (secondary N) is 2. The molecule has 4 rings (SSSR count). The molecule has 0 radical (unpaired) electrons. The van der Waals surface area contributed by atoms with Gasteiger partial charge in [-0.1, -0.05) is 6.07 Å². The van der Waals surface area contributed by atoms with Gasteiger partial charge in [-0.05, 0) is 35.6 Å². The van der Waals surface area contributed by atoms with E-state index in [0.717, 1.165) is 16.5 Å². The zero-order valence-electron chi connectivity index (χ0n) is 13.5. The summed E-state index contributed by atoms with van der Waals surface area (Å²) in [4.78, 5) is 3.14. The van der Waals surface area contributed by atoms with Crippen molar-refractivity contribution in [1.82, 2.24) is 25.1 Å². The lowest BCUT2D eigenvalue weighted by atomic mass is 9.99. The number of halogens is 3. The zero-order chi connectivity index (χ0) is 17.4. The lowest BCUT2D eigenvalue weighted by Crippen LogP contribution is -2.33. The van der Waals surface area contributed by atoms with Gasteiger partial charge in [0.05, 0.1) is 12.5 Å². The first kappa shape index (κ1) is 16.1. The van der Waals surface area contributed by atoms with Crippen molar-refractivity contribution in [2.24, 2.45) is 5.92 Å². The number of benzene rings is 1. The van der Waals surface area contributed by atoms with Gasteiger partial charge in [0.1, 0.15) is 11.6 Å². The number of hydrogen-bond acceptors (Lipinski definition) is 3. The monoisotopic (exact) mass is 349 g/mol. The smallest absolute Gasteiger partial charge is 0.361 e. The topological polar surface area (TPSA) is 58.5 Å². The minimum atomic E-state index is -4.17. The number of aromatic nitrogens is 4. The Morgan fingerprint density at radius 1 is 1.20 bits per heavy atom. The van der Waals surface area contributed by atoms with Crippen molar-refractivity contribution in [2.45, 2.75) is 38.7 Å². The molecule has 0 spiro atoms. The fourth-order valence-electron chi connectivity index (χ4n) is 3.31. The maximum absolute atomic E-state index is 13.0. The minimum Gasteiger partial charge on any atom is -0.361 e. The lowest BCUT2D eigenvalue weighted by molar-refractivity contribution is -0.182. The van der Waals surface area contributed by atoms with E-state index in [2.05, 4.69) is 26.6 Å². The number of aromatic amines is 1. The average molecular weight is 349 g/mol.